The van der Waals surface area contributed by atoms with Crippen LogP contribution in [0.1, 0.15) is 17.3 Å². The van der Waals surface area contributed by atoms with Crippen molar-refractivity contribution in [2.45, 2.75) is 6.92 Å². The molecule has 2 aromatic carbocycles. The zero-order chi connectivity index (χ0) is 15.7. The summed E-state index contributed by atoms with van der Waals surface area (Å²) in [5.74, 6) is 1.41. The molecule has 0 bridgehead atoms. The number of aromatic hydroxyl groups is 1. The fourth-order valence-electron chi connectivity index (χ4n) is 2.91. The van der Waals surface area contributed by atoms with Crippen LogP contribution in [0.4, 0.5) is 0 Å². The van der Waals surface area contributed by atoms with E-state index in [1.54, 1.807) is 4.90 Å². The van der Waals surface area contributed by atoms with Crippen molar-refractivity contribution in [3.05, 3.63) is 42.0 Å². The molecule has 1 saturated heterocycles. The minimum absolute atomic E-state index is 0.105. The maximum absolute atomic E-state index is 12.7. The van der Waals surface area contributed by atoms with Crippen LogP contribution in [0.3, 0.4) is 0 Å². The average Bonchev–Trinajstić information content (AvgIpc) is 2.67. The number of fused-ring (bicyclic) bond motifs is 1. The Labute approximate surface area is 132 Å². The Bertz CT molecular complexity index is 744. The molecule has 3 rings (SSSR count). The van der Waals surface area contributed by atoms with E-state index in [0.717, 1.165) is 10.8 Å². The van der Waals surface area contributed by atoms with Crippen LogP contribution in [-0.2, 0) is 10.8 Å². The van der Waals surface area contributed by atoms with E-state index in [0.29, 0.717) is 30.2 Å². The van der Waals surface area contributed by atoms with Gasteiger partial charge in [-0.2, -0.15) is 0 Å². The minimum atomic E-state index is -0.851. The number of hydrogen-bond acceptors (Lipinski definition) is 3. The first-order chi connectivity index (χ1) is 10.5. The first kappa shape index (κ1) is 15.0. The maximum atomic E-state index is 12.7. The molecule has 1 aliphatic rings. The molecule has 1 aliphatic heterocycles. The van der Waals surface area contributed by atoms with Crippen LogP contribution in [-0.4, -0.2) is 44.7 Å². The number of phenolic OH excluding ortho intramolecular Hbond substituents is 1. The summed E-state index contributed by atoms with van der Waals surface area (Å²) >= 11 is 0. The minimum Gasteiger partial charge on any atom is -0.507 e. The maximum Gasteiger partial charge on any atom is 0.254 e. The highest BCUT2D eigenvalue weighted by Gasteiger charge is 2.24. The van der Waals surface area contributed by atoms with Crippen LogP contribution in [0.15, 0.2) is 36.4 Å². The molecule has 5 heteroatoms. The van der Waals surface area contributed by atoms with Gasteiger partial charge in [0.1, 0.15) is 5.75 Å². The van der Waals surface area contributed by atoms with Crippen LogP contribution in [0.25, 0.3) is 10.8 Å². The Morgan fingerprint density at radius 2 is 2.09 bits per heavy atom. The smallest absolute Gasteiger partial charge is 0.254 e. The van der Waals surface area contributed by atoms with Crippen LogP contribution in [0.5, 0.6) is 5.75 Å². The van der Waals surface area contributed by atoms with Crippen molar-refractivity contribution in [1.82, 2.24) is 4.90 Å². The summed E-state index contributed by atoms with van der Waals surface area (Å²) in [5.41, 5.74) is 0.482. The molecule has 0 spiro atoms. The number of nitrogens with zero attached hydrogens (tertiary/aromatic N) is 1. The molecular weight excluding hydrogens is 298 g/mol. The lowest BCUT2D eigenvalue weighted by molar-refractivity contribution is 0.0751. The van der Waals surface area contributed by atoms with E-state index in [2.05, 4.69) is 0 Å². The van der Waals surface area contributed by atoms with Gasteiger partial charge in [0.15, 0.2) is 0 Å². The number of hydrogen-bond donors (Lipinski definition) is 1. The lowest BCUT2D eigenvalue weighted by Gasteiger charge is -2.22. The lowest BCUT2D eigenvalue weighted by Crippen LogP contribution is -2.35. The van der Waals surface area contributed by atoms with Crippen LogP contribution in [0, 0.1) is 5.92 Å². The molecule has 116 valence electrons. The third-order valence-electron chi connectivity index (χ3n) is 3.97. The number of benzene rings is 2. The lowest BCUT2D eigenvalue weighted by atomic mass is 10.0. The van der Waals surface area contributed by atoms with E-state index in [9.17, 15) is 14.1 Å². The van der Waals surface area contributed by atoms with E-state index in [1.165, 1.54) is 6.07 Å². The van der Waals surface area contributed by atoms with Crippen molar-refractivity contribution in [2.75, 3.05) is 24.6 Å². The fourth-order valence-corrected chi connectivity index (χ4v) is 4.24. The zero-order valence-corrected chi connectivity index (χ0v) is 13.3. The summed E-state index contributed by atoms with van der Waals surface area (Å²) in [6.07, 6.45) is 0. The molecule has 1 amide bonds. The Morgan fingerprint density at radius 3 is 2.91 bits per heavy atom. The van der Waals surface area contributed by atoms with Gasteiger partial charge in [-0.3, -0.25) is 9.00 Å². The number of rotatable bonds is 1. The first-order valence-electron chi connectivity index (χ1n) is 7.40. The van der Waals surface area contributed by atoms with Crippen molar-refractivity contribution in [2.24, 2.45) is 5.92 Å². The van der Waals surface area contributed by atoms with Crippen LogP contribution >= 0.6 is 0 Å². The average molecular weight is 317 g/mol. The number of phenols is 1. The molecule has 2 atom stereocenters. The predicted octanol–water partition coefficient (Wildman–Crippen LogP) is 2.39. The Hall–Kier alpha value is -1.88. The van der Waals surface area contributed by atoms with E-state index in [-0.39, 0.29) is 17.6 Å². The van der Waals surface area contributed by atoms with Gasteiger partial charge in [-0.05, 0) is 23.4 Å². The van der Waals surface area contributed by atoms with E-state index >= 15 is 0 Å². The van der Waals surface area contributed by atoms with E-state index < -0.39 is 10.8 Å². The molecule has 1 heterocycles. The second-order valence-electron chi connectivity index (χ2n) is 5.88. The van der Waals surface area contributed by atoms with E-state index in [4.69, 9.17) is 0 Å². The van der Waals surface area contributed by atoms with Gasteiger partial charge in [0.05, 0.1) is 0 Å². The van der Waals surface area contributed by atoms with Crippen molar-refractivity contribution in [3.63, 3.8) is 0 Å². The summed E-state index contributed by atoms with van der Waals surface area (Å²) in [4.78, 5) is 14.5. The molecule has 1 N–H and O–H groups in total. The van der Waals surface area contributed by atoms with E-state index in [1.807, 2.05) is 37.3 Å². The van der Waals surface area contributed by atoms with Crippen molar-refractivity contribution in [3.8, 4) is 5.75 Å². The molecule has 0 saturated carbocycles. The van der Waals surface area contributed by atoms with Gasteiger partial charge < -0.3 is 10.0 Å². The quantitative estimate of drug-likeness (QED) is 0.878. The zero-order valence-electron chi connectivity index (χ0n) is 12.5. The topological polar surface area (TPSA) is 57.6 Å². The third-order valence-corrected chi connectivity index (χ3v) is 5.54. The Kier molecular flexibility index (Phi) is 4.16. The van der Waals surface area contributed by atoms with Gasteiger partial charge in [-0.1, -0.05) is 31.2 Å². The van der Waals surface area contributed by atoms with Gasteiger partial charge >= 0.3 is 0 Å². The molecule has 2 aromatic rings. The monoisotopic (exact) mass is 317 g/mol. The summed E-state index contributed by atoms with van der Waals surface area (Å²) in [6.45, 7) is 3.13. The second kappa shape index (κ2) is 6.08. The SMILES string of the molecule is C[C@H]1CN(C(=O)c2cc(O)c3ccccc3c2)CC[S@@](=O)C1. The Morgan fingerprint density at radius 1 is 1.32 bits per heavy atom. The van der Waals surface area contributed by atoms with Gasteiger partial charge in [0.2, 0.25) is 0 Å². The fraction of sp³-hybridized carbons (Fsp3) is 0.353. The van der Waals surface area contributed by atoms with Crippen molar-refractivity contribution >= 4 is 27.5 Å². The van der Waals surface area contributed by atoms with Crippen LogP contribution < -0.4 is 0 Å². The highest BCUT2D eigenvalue weighted by molar-refractivity contribution is 7.85. The first-order valence-corrected chi connectivity index (χ1v) is 8.89. The van der Waals surface area contributed by atoms with Crippen molar-refractivity contribution < 1.29 is 14.1 Å². The molecule has 0 aromatic heterocycles. The summed E-state index contributed by atoms with van der Waals surface area (Å²) in [5, 5.41) is 11.7. The number of carbonyl (C=O) groups excluding carboxylic acids is 1. The molecule has 4 nitrogen and oxygen atoms in total. The highest BCUT2D eigenvalue weighted by Crippen LogP contribution is 2.27. The van der Waals surface area contributed by atoms with Gasteiger partial charge in [-0.15, -0.1) is 0 Å². The molecule has 0 aliphatic carbocycles. The predicted molar refractivity (Wildman–Crippen MR) is 88.6 cm³/mol. The highest BCUT2D eigenvalue weighted by atomic mass is 32.2. The molecule has 1 fully saturated rings. The number of amides is 1. The van der Waals surface area contributed by atoms with Gasteiger partial charge in [0.25, 0.3) is 5.91 Å². The standard InChI is InChI=1S/C17H19NO3S/c1-12-10-18(6-7-22(21)11-12)17(20)14-8-13-4-2-3-5-15(13)16(19)9-14/h2-5,8-9,12,19H,6-7,10-11H2,1H3/t12-,22+/m0/s1. The summed E-state index contributed by atoms with van der Waals surface area (Å²) < 4.78 is 11.8. The second-order valence-corrected chi connectivity index (χ2v) is 7.50. The summed E-state index contributed by atoms with van der Waals surface area (Å²) in [7, 11) is -0.851. The van der Waals surface area contributed by atoms with Gasteiger partial charge in [-0.25, -0.2) is 0 Å². The van der Waals surface area contributed by atoms with Crippen molar-refractivity contribution in [1.29, 1.82) is 0 Å². The molecule has 22 heavy (non-hydrogen) atoms. The molecule has 0 radical (unpaired) electrons. The normalized spacial score (nSPS) is 22.5. The Balaban J connectivity index is 1.93. The largest absolute Gasteiger partial charge is 0.507 e. The van der Waals surface area contributed by atoms with Gasteiger partial charge in [0, 0.05) is 46.3 Å². The molecule has 0 unspecified atom stereocenters. The summed E-state index contributed by atoms with van der Waals surface area (Å²) in [6, 6.07) is 10.8. The third kappa shape index (κ3) is 2.99. The van der Waals surface area contributed by atoms with Crippen LogP contribution in [0.2, 0.25) is 0 Å². The molecular formula is C17H19NO3S. The number of carbonyl (C=O) groups is 1.